The molecule has 0 spiro atoms. The topological polar surface area (TPSA) is 38.3 Å². The molecule has 0 saturated heterocycles. The summed E-state index contributed by atoms with van der Waals surface area (Å²) in [5.41, 5.74) is 4.31. The highest BCUT2D eigenvalue weighted by atomic mass is 16.5. The molecule has 1 aliphatic rings. The fourth-order valence-electron chi connectivity index (χ4n) is 2.24. The second kappa shape index (κ2) is 6.00. The Morgan fingerprint density at radius 1 is 1.10 bits per heavy atom. The molecule has 0 aromatic heterocycles. The van der Waals surface area contributed by atoms with Gasteiger partial charge in [0.05, 0.1) is 0 Å². The van der Waals surface area contributed by atoms with Gasteiger partial charge in [-0.2, -0.15) is 0 Å². The molecule has 1 N–H and O–H groups in total. The molecule has 2 aromatic carbocycles. The molecule has 3 nitrogen and oxygen atoms in total. The van der Waals surface area contributed by atoms with Crippen LogP contribution in [0.1, 0.15) is 35.4 Å². The maximum absolute atomic E-state index is 11.7. The fourth-order valence-corrected chi connectivity index (χ4v) is 2.24. The van der Waals surface area contributed by atoms with Crippen LogP contribution in [0.5, 0.6) is 0 Å². The highest BCUT2D eigenvalue weighted by Crippen LogP contribution is 2.39. The predicted octanol–water partition coefficient (Wildman–Crippen LogP) is 4.62. The largest absolute Gasteiger partial charge is 0.444 e. The lowest BCUT2D eigenvalue weighted by molar-refractivity contribution is 0.155. The van der Waals surface area contributed by atoms with Crippen molar-refractivity contribution in [3.8, 4) is 0 Å². The first-order valence-electron chi connectivity index (χ1n) is 7.30. The highest BCUT2D eigenvalue weighted by Gasteiger charge is 2.22. The molecule has 0 aliphatic heterocycles. The maximum Gasteiger partial charge on any atom is 0.411 e. The first kappa shape index (κ1) is 13.7. The molecule has 3 heteroatoms. The minimum Gasteiger partial charge on any atom is -0.444 e. The number of hydrogen-bond acceptors (Lipinski definition) is 2. The Hall–Kier alpha value is -2.29. The molecule has 1 fully saturated rings. The zero-order chi connectivity index (χ0) is 14.7. The van der Waals surface area contributed by atoms with Crippen LogP contribution < -0.4 is 5.32 Å². The minimum atomic E-state index is -0.426. The van der Waals surface area contributed by atoms with Crippen molar-refractivity contribution in [2.75, 3.05) is 5.32 Å². The molecule has 0 atom stereocenters. The molecule has 1 amide bonds. The van der Waals surface area contributed by atoms with Gasteiger partial charge in [0, 0.05) is 5.69 Å². The van der Waals surface area contributed by atoms with Crippen molar-refractivity contribution < 1.29 is 9.53 Å². The number of benzene rings is 2. The summed E-state index contributed by atoms with van der Waals surface area (Å²) < 4.78 is 5.23. The Labute approximate surface area is 124 Å². The van der Waals surface area contributed by atoms with Crippen LogP contribution in [0.25, 0.3) is 0 Å². The molecule has 1 aliphatic carbocycles. The molecule has 0 unspecified atom stereocenters. The van der Waals surface area contributed by atoms with Crippen LogP contribution in [-0.2, 0) is 11.3 Å². The molecule has 108 valence electrons. The van der Waals surface area contributed by atoms with Crippen LogP contribution in [0.2, 0.25) is 0 Å². The minimum absolute atomic E-state index is 0.294. The monoisotopic (exact) mass is 281 g/mol. The van der Waals surface area contributed by atoms with Gasteiger partial charge >= 0.3 is 6.09 Å². The maximum atomic E-state index is 11.7. The van der Waals surface area contributed by atoms with Crippen LogP contribution in [0.3, 0.4) is 0 Å². The lowest BCUT2D eigenvalue weighted by Gasteiger charge is -2.08. The van der Waals surface area contributed by atoms with Gasteiger partial charge in [-0.1, -0.05) is 42.0 Å². The smallest absolute Gasteiger partial charge is 0.411 e. The molecule has 0 radical (unpaired) electrons. The van der Waals surface area contributed by atoms with Gasteiger partial charge in [0.15, 0.2) is 0 Å². The van der Waals surface area contributed by atoms with Gasteiger partial charge in [0.25, 0.3) is 0 Å². The van der Waals surface area contributed by atoms with E-state index in [1.54, 1.807) is 0 Å². The average Bonchev–Trinajstić information content (AvgIpc) is 3.33. The van der Waals surface area contributed by atoms with E-state index in [0.29, 0.717) is 6.61 Å². The Bertz CT molecular complexity index is 613. The molecule has 1 saturated carbocycles. The molecular formula is C18H19NO2. The molecule has 21 heavy (non-hydrogen) atoms. The standard InChI is InChI=1S/C18H19NO2/c1-13-2-10-17(11-3-13)19-18(20)21-12-14-4-6-15(7-5-14)16-8-9-16/h2-7,10-11,16H,8-9,12H2,1H3,(H,19,20). The summed E-state index contributed by atoms with van der Waals surface area (Å²) in [6.45, 7) is 2.30. The van der Waals surface area contributed by atoms with E-state index in [-0.39, 0.29) is 0 Å². The number of rotatable bonds is 4. The van der Waals surface area contributed by atoms with Gasteiger partial charge in [-0.15, -0.1) is 0 Å². The summed E-state index contributed by atoms with van der Waals surface area (Å²) in [6.07, 6.45) is 2.17. The third kappa shape index (κ3) is 3.85. The normalized spacial score (nSPS) is 13.8. The molecular weight excluding hydrogens is 262 g/mol. The van der Waals surface area contributed by atoms with Gasteiger partial charge < -0.3 is 4.74 Å². The number of nitrogens with one attached hydrogen (secondary N) is 1. The van der Waals surface area contributed by atoms with Gasteiger partial charge in [0.1, 0.15) is 6.61 Å². The first-order chi connectivity index (χ1) is 10.2. The summed E-state index contributed by atoms with van der Waals surface area (Å²) in [6, 6.07) is 16.0. The molecule has 0 bridgehead atoms. The average molecular weight is 281 g/mol. The van der Waals surface area contributed by atoms with E-state index >= 15 is 0 Å². The van der Waals surface area contributed by atoms with Crippen molar-refractivity contribution in [2.24, 2.45) is 0 Å². The van der Waals surface area contributed by atoms with E-state index < -0.39 is 6.09 Å². The first-order valence-corrected chi connectivity index (χ1v) is 7.30. The van der Waals surface area contributed by atoms with Crippen LogP contribution in [-0.4, -0.2) is 6.09 Å². The predicted molar refractivity (Wildman–Crippen MR) is 83.4 cm³/mol. The zero-order valence-electron chi connectivity index (χ0n) is 12.1. The lowest BCUT2D eigenvalue weighted by Crippen LogP contribution is -2.13. The Morgan fingerprint density at radius 3 is 2.38 bits per heavy atom. The molecule has 3 rings (SSSR count). The number of ether oxygens (including phenoxy) is 1. The summed E-state index contributed by atoms with van der Waals surface area (Å²) >= 11 is 0. The quantitative estimate of drug-likeness (QED) is 0.888. The number of amides is 1. The second-order valence-electron chi connectivity index (χ2n) is 5.58. The van der Waals surface area contributed by atoms with E-state index in [2.05, 4.69) is 17.4 Å². The van der Waals surface area contributed by atoms with E-state index in [0.717, 1.165) is 22.7 Å². The van der Waals surface area contributed by atoms with E-state index in [9.17, 15) is 4.79 Å². The molecule has 0 heterocycles. The third-order valence-corrected chi connectivity index (χ3v) is 3.70. The Morgan fingerprint density at radius 2 is 1.76 bits per heavy atom. The van der Waals surface area contributed by atoms with Crippen LogP contribution in [0.4, 0.5) is 10.5 Å². The van der Waals surface area contributed by atoms with Crippen LogP contribution >= 0.6 is 0 Å². The Balaban J connectivity index is 1.49. The molecule has 2 aromatic rings. The summed E-state index contributed by atoms with van der Waals surface area (Å²) in [5, 5.41) is 2.72. The summed E-state index contributed by atoms with van der Waals surface area (Å²) in [5.74, 6) is 0.754. The summed E-state index contributed by atoms with van der Waals surface area (Å²) in [7, 11) is 0. The second-order valence-corrected chi connectivity index (χ2v) is 5.58. The fraction of sp³-hybridized carbons (Fsp3) is 0.278. The number of hydrogen-bond donors (Lipinski definition) is 1. The van der Waals surface area contributed by atoms with Crippen LogP contribution in [0, 0.1) is 6.92 Å². The third-order valence-electron chi connectivity index (χ3n) is 3.70. The SMILES string of the molecule is Cc1ccc(NC(=O)OCc2ccc(C3CC3)cc2)cc1. The number of carbonyl (C=O) groups excluding carboxylic acids is 1. The Kier molecular flexibility index (Phi) is 3.91. The van der Waals surface area contributed by atoms with Gasteiger partial charge in [-0.05, 0) is 48.9 Å². The van der Waals surface area contributed by atoms with Crippen molar-refractivity contribution in [1.82, 2.24) is 0 Å². The van der Waals surface area contributed by atoms with Crippen molar-refractivity contribution in [3.63, 3.8) is 0 Å². The van der Waals surface area contributed by atoms with E-state index in [1.807, 2.05) is 43.3 Å². The number of carbonyl (C=O) groups is 1. The number of anilines is 1. The highest BCUT2D eigenvalue weighted by molar-refractivity contribution is 5.84. The van der Waals surface area contributed by atoms with Crippen molar-refractivity contribution in [2.45, 2.75) is 32.3 Å². The van der Waals surface area contributed by atoms with Gasteiger partial charge in [-0.25, -0.2) is 4.79 Å². The van der Waals surface area contributed by atoms with Crippen molar-refractivity contribution >= 4 is 11.8 Å². The van der Waals surface area contributed by atoms with Crippen molar-refractivity contribution in [3.05, 3.63) is 65.2 Å². The van der Waals surface area contributed by atoms with Crippen molar-refractivity contribution in [1.29, 1.82) is 0 Å². The van der Waals surface area contributed by atoms with E-state index in [4.69, 9.17) is 4.74 Å². The van der Waals surface area contributed by atoms with Crippen LogP contribution in [0.15, 0.2) is 48.5 Å². The lowest BCUT2D eigenvalue weighted by atomic mass is 10.1. The van der Waals surface area contributed by atoms with Gasteiger partial charge in [0.2, 0.25) is 0 Å². The zero-order valence-corrected chi connectivity index (χ0v) is 12.1. The number of aryl methyl sites for hydroxylation is 1. The summed E-state index contributed by atoms with van der Waals surface area (Å²) in [4.78, 5) is 11.7. The van der Waals surface area contributed by atoms with E-state index in [1.165, 1.54) is 18.4 Å². The van der Waals surface area contributed by atoms with Gasteiger partial charge in [-0.3, -0.25) is 5.32 Å².